The van der Waals surface area contributed by atoms with E-state index < -0.39 is 23.8 Å². The number of hydrogen-bond acceptors (Lipinski definition) is 6. The fourth-order valence-electron chi connectivity index (χ4n) is 5.43. The van der Waals surface area contributed by atoms with Crippen LogP contribution in [0.2, 0.25) is 0 Å². The van der Waals surface area contributed by atoms with Gasteiger partial charge in [-0.2, -0.15) is 0 Å². The van der Waals surface area contributed by atoms with Crippen LogP contribution in [0.4, 0.5) is 0 Å². The molecule has 1 atom stereocenters. The summed E-state index contributed by atoms with van der Waals surface area (Å²) in [5.41, 5.74) is 15.0. The minimum Gasteiger partial charge on any atom is -0.370 e. The average molecular weight is 584 g/mol. The summed E-state index contributed by atoms with van der Waals surface area (Å²) in [7, 11) is 0. The SMILES string of the molecule is CCOC(CN(CCC(N)=O)C(=O)[C@@H](N)Cc1cn(C(c2ccccc2)(c2ccccc2)c2ccccc2)cn1)OCC. The molecule has 2 amide bonds. The van der Waals surface area contributed by atoms with Crippen molar-refractivity contribution in [2.45, 2.75) is 44.6 Å². The summed E-state index contributed by atoms with van der Waals surface area (Å²) in [4.78, 5) is 31.3. The third-order valence-corrected chi connectivity index (χ3v) is 7.36. The number of primary amides is 1. The summed E-state index contributed by atoms with van der Waals surface area (Å²) in [5.74, 6) is -0.839. The second-order valence-corrected chi connectivity index (χ2v) is 10.2. The van der Waals surface area contributed by atoms with Crippen molar-refractivity contribution < 1.29 is 19.1 Å². The van der Waals surface area contributed by atoms with Gasteiger partial charge in [-0.05, 0) is 30.5 Å². The predicted octanol–water partition coefficient (Wildman–Crippen LogP) is 3.70. The molecular formula is C34H41N5O4. The first kappa shape index (κ1) is 31.6. The normalized spacial score (nSPS) is 12.3. The molecule has 0 unspecified atom stereocenters. The number of amides is 2. The largest absolute Gasteiger partial charge is 0.370 e. The van der Waals surface area contributed by atoms with Crippen molar-refractivity contribution in [1.82, 2.24) is 14.5 Å². The molecule has 1 heterocycles. The van der Waals surface area contributed by atoms with Crippen LogP contribution in [0.3, 0.4) is 0 Å². The first-order chi connectivity index (χ1) is 20.9. The minimum atomic E-state index is -0.903. The molecule has 1 aromatic heterocycles. The quantitative estimate of drug-likeness (QED) is 0.153. The summed E-state index contributed by atoms with van der Waals surface area (Å²) in [6.45, 7) is 4.78. The number of imidazole rings is 1. The third-order valence-electron chi connectivity index (χ3n) is 7.36. The first-order valence-corrected chi connectivity index (χ1v) is 14.7. The van der Waals surface area contributed by atoms with E-state index in [2.05, 4.69) is 41.0 Å². The molecule has 0 saturated carbocycles. The van der Waals surface area contributed by atoms with Crippen LogP contribution in [0.15, 0.2) is 104 Å². The molecule has 4 aromatic rings. The Labute approximate surface area is 253 Å². The standard InChI is InChI=1S/C34H41N5O4/c1-3-42-32(43-4-2)24-38(21-20-31(36)40)33(41)30(35)22-29-23-39(25-37-29)34(26-14-8-5-9-15-26,27-16-10-6-11-17-27)28-18-12-7-13-19-28/h5-19,23,25,30,32H,3-4,20-22,24,35H2,1-2H3,(H2,36,40)/t30-/m0/s1. The highest BCUT2D eigenvalue weighted by Crippen LogP contribution is 2.40. The van der Waals surface area contributed by atoms with Crippen molar-refractivity contribution in [3.63, 3.8) is 0 Å². The molecule has 0 spiro atoms. The van der Waals surface area contributed by atoms with Crippen LogP contribution in [-0.4, -0.2) is 64.9 Å². The van der Waals surface area contributed by atoms with Gasteiger partial charge in [0.05, 0.1) is 24.6 Å². The van der Waals surface area contributed by atoms with Crippen LogP contribution in [0.1, 0.15) is 42.7 Å². The molecule has 9 heteroatoms. The first-order valence-electron chi connectivity index (χ1n) is 14.7. The van der Waals surface area contributed by atoms with Crippen molar-refractivity contribution in [2.24, 2.45) is 11.5 Å². The van der Waals surface area contributed by atoms with E-state index in [0.717, 1.165) is 16.7 Å². The van der Waals surface area contributed by atoms with E-state index in [-0.39, 0.29) is 31.8 Å². The highest BCUT2D eigenvalue weighted by atomic mass is 16.7. The number of hydrogen-bond donors (Lipinski definition) is 2. The molecule has 3 aromatic carbocycles. The maximum Gasteiger partial charge on any atom is 0.240 e. The number of benzene rings is 3. The number of rotatable bonds is 16. The molecule has 0 radical (unpaired) electrons. The van der Waals surface area contributed by atoms with Gasteiger partial charge in [-0.3, -0.25) is 9.59 Å². The fourth-order valence-corrected chi connectivity index (χ4v) is 5.43. The lowest BCUT2D eigenvalue weighted by molar-refractivity contribution is -0.159. The molecule has 9 nitrogen and oxygen atoms in total. The van der Waals surface area contributed by atoms with Crippen LogP contribution in [-0.2, 0) is 31.0 Å². The van der Waals surface area contributed by atoms with Crippen LogP contribution >= 0.6 is 0 Å². The van der Waals surface area contributed by atoms with Gasteiger partial charge in [0, 0.05) is 38.8 Å². The van der Waals surface area contributed by atoms with Crippen LogP contribution < -0.4 is 11.5 Å². The highest BCUT2D eigenvalue weighted by Gasteiger charge is 2.38. The van der Waals surface area contributed by atoms with Crippen molar-refractivity contribution in [3.05, 3.63) is 126 Å². The Hall–Kier alpha value is -4.31. The van der Waals surface area contributed by atoms with Crippen molar-refractivity contribution in [2.75, 3.05) is 26.3 Å². The Kier molecular flexibility index (Phi) is 11.2. The van der Waals surface area contributed by atoms with Gasteiger partial charge in [-0.15, -0.1) is 0 Å². The Morgan fingerprint density at radius 3 is 1.79 bits per heavy atom. The van der Waals surface area contributed by atoms with E-state index in [0.29, 0.717) is 18.9 Å². The molecule has 226 valence electrons. The summed E-state index contributed by atoms with van der Waals surface area (Å²) < 4.78 is 13.4. The van der Waals surface area contributed by atoms with Gasteiger partial charge >= 0.3 is 0 Å². The Morgan fingerprint density at radius 2 is 1.35 bits per heavy atom. The molecule has 0 aliphatic heterocycles. The van der Waals surface area contributed by atoms with Gasteiger partial charge < -0.3 is 30.4 Å². The second kappa shape index (κ2) is 15.2. The molecule has 4 rings (SSSR count). The molecule has 0 aliphatic carbocycles. The van der Waals surface area contributed by atoms with Crippen LogP contribution in [0.25, 0.3) is 0 Å². The Morgan fingerprint density at radius 1 is 0.860 bits per heavy atom. The van der Waals surface area contributed by atoms with E-state index >= 15 is 0 Å². The van der Waals surface area contributed by atoms with E-state index in [1.165, 1.54) is 4.90 Å². The van der Waals surface area contributed by atoms with Gasteiger partial charge in [0.2, 0.25) is 11.8 Å². The van der Waals surface area contributed by atoms with Gasteiger partial charge in [-0.25, -0.2) is 4.98 Å². The van der Waals surface area contributed by atoms with Gasteiger partial charge in [0.1, 0.15) is 5.54 Å². The molecular weight excluding hydrogens is 542 g/mol. The van der Waals surface area contributed by atoms with Crippen LogP contribution in [0, 0.1) is 0 Å². The number of carbonyl (C=O) groups excluding carboxylic acids is 2. The summed E-state index contributed by atoms with van der Waals surface area (Å²) in [5, 5.41) is 0. The lowest BCUT2D eigenvalue weighted by Crippen LogP contribution is -2.49. The van der Waals surface area contributed by atoms with E-state index in [4.69, 9.17) is 25.9 Å². The van der Waals surface area contributed by atoms with E-state index in [1.807, 2.05) is 74.6 Å². The van der Waals surface area contributed by atoms with Crippen molar-refractivity contribution >= 4 is 11.8 Å². The summed E-state index contributed by atoms with van der Waals surface area (Å²) >= 11 is 0. The maximum atomic E-state index is 13.6. The number of carbonyl (C=O) groups is 2. The smallest absolute Gasteiger partial charge is 0.240 e. The zero-order valence-corrected chi connectivity index (χ0v) is 24.8. The van der Waals surface area contributed by atoms with E-state index in [9.17, 15) is 9.59 Å². The van der Waals surface area contributed by atoms with Gasteiger partial charge in [-0.1, -0.05) is 91.0 Å². The predicted molar refractivity (Wildman–Crippen MR) is 166 cm³/mol. The van der Waals surface area contributed by atoms with Crippen molar-refractivity contribution in [3.8, 4) is 0 Å². The molecule has 4 N–H and O–H groups in total. The van der Waals surface area contributed by atoms with Crippen LogP contribution in [0.5, 0.6) is 0 Å². The summed E-state index contributed by atoms with van der Waals surface area (Å²) in [6, 6.07) is 29.9. The zero-order chi connectivity index (χ0) is 30.7. The fraction of sp³-hybridized carbons (Fsp3) is 0.324. The summed E-state index contributed by atoms with van der Waals surface area (Å²) in [6.07, 6.45) is 3.32. The molecule has 0 saturated heterocycles. The Bertz CT molecular complexity index is 1330. The van der Waals surface area contributed by atoms with E-state index in [1.54, 1.807) is 6.33 Å². The number of nitrogens with zero attached hydrogens (tertiary/aromatic N) is 3. The topological polar surface area (TPSA) is 126 Å². The lowest BCUT2D eigenvalue weighted by atomic mass is 9.77. The third kappa shape index (κ3) is 7.56. The molecule has 43 heavy (non-hydrogen) atoms. The molecule has 0 bridgehead atoms. The number of aromatic nitrogens is 2. The molecule has 0 aliphatic rings. The van der Waals surface area contributed by atoms with Crippen molar-refractivity contribution in [1.29, 1.82) is 0 Å². The average Bonchev–Trinajstić information content (AvgIpc) is 3.49. The van der Waals surface area contributed by atoms with Gasteiger partial charge in [0.25, 0.3) is 0 Å². The maximum absolute atomic E-state index is 13.6. The second-order valence-electron chi connectivity index (χ2n) is 10.2. The lowest BCUT2D eigenvalue weighted by Gasteiger charge is -2.37. The van der Waals surface area contributed by atoms with Gasteiger partial charge in [0.15, 0.2) is 6.29 Å². The molecule has 0 fully saturated rings. The Balaban J connectivity index is 1.68. The highest BCUT2D eigenvalue weighted by molar-refractivity contribution is 5.82. The minimum absolute atomic E-state index is 0.00576. The number of nitrogens with two attached hydrogens (primary N) is 2. The monoisotopic (exact) mass is 583 g/mol. The zero-order valence-electron chi connectivity index (χ0n) is 24.8. The number of ether oxygens (including phenoxy) is 2.